The Morgan fingerprint density at radius 3 is 2.52 bits per heavy atom. The van der Waals surface area contributed by atoms with E-state index >= 15 is 0 Å². The van der Waals surface area contributed by atoms with E-state index in [0.717, 1.165) is 0 Å². The molecule has 0 saturated carbocycles. The maximum absolute atomic E-state index is 12.2. The molecule has 0 fully saturated rings. The highest BCUT2D eigenvalue weighted by Gasteiger charge is 2.28. The fourth-order valence-corrected chi connectivity index (χ4v) is 2.13. The fourth-order valence-electron chi connectivity index (χ4n) is 1.36. The zero-order valence-electron chi connectivity index (χ0n) is 10.7. The number of carbonyl (C=O) groups excluding carboxylic acids is 1. The molecule has 1 aromatic carbocycles. The van der Waals surface area contributed by atoms with E-state index in [-0.39, 0.29) is 10.6 Å². The predicted molar refractivity (Wildman–Crippen MR) is 72.1 cm³/mol. The highest BCUT2D eigenvalue weighted by atomic mass is 32.2. The number of carboxylic acid groups (broad SMARTS) is 1. The van der Waals surface area contributed by atoms with Crippen molar-refractivity contribution in [1.82, 2.24) is 0 Å². The molecule has 1 amide bonds. The topological polar surface area (TPSA) is 92.4 Å². The Kier molecular flexibility index (Phi) is 6.03. The lowest BCUT2D eigenvalue weighted by atomic mass is 10.2. The van der Waals surface area contributed by atoms with E-state index in [2.05, 4.69) is 5.32 Å². The van der Waals surface area contributed by atoms with Crippen molar-refractivity contribution >= 4 is 29.3 Å². The molecule has 0 radical (unpaired) electrons. The van der Waals surface area contributed by atoms with Crippen LogP contribution >= 0.6 is 11.8 Å². The van der Waals surface area contributed by atoms with E-state index in [1.54, 1.807) is 0 Å². The van der Waals surface area contributed by atoms with E-state index in [1.165, 1.54) is 24.3 Å². The molecule has 116 valence electrons. The molecule has 1 aromatic rings. The summed E-state index contributed by atoms with van der Waals surface area (Å²) in [6.07, 6.45) is -4.90. The maximum atomic E-state index is 12.2. The number of para-hydroxylation sites is 1. The summed E-state index contributed by atoms with van der Waals surface area (Å²) in [6, 6.07) is 4.64. The van der Waals surface area contributed by atoms with E-state index in [1.807, 2.05) is 0 Å². The summed E-state index contributed by atoms with van der Waals surface area (Å²) in [4.78, 5) is 22.4. The molecule has 0 heterocycles. The third kappa shape index (κ3) is 6.50. The normalized spacial score (nSPS) is 12.8. The number of carboxylic acids is 1. The van der Waals surface area contributed by atoms with Gasteiger partial charge in [0.1, 0.15) is 0 Å². The molecule has 0 aliphatic heterocycles. The largest absolute Gasteiger partial charge is 0.481 e. The zero-order valence-corrected chi connectivity index (χ0v) is 11.5. The highest BCUT2D eigenvalue weighted by Crippen LogP contribution is 2.32. The van der Waals surface area contributed by atoms with E-state index in [4.69, 9.17) is 10.8 Å². The van der Waals surface area contributed by atoms with Crippen LogP contribution in [0.2, 0.25) is 0 Å². The highest BCUT2D eigenvalue weighted by molar-refractivity contribution is 7.99. The Balaban J connectivity index is 2.74. The van der Waals surface area contributed by atoms with Crippen LogP contribution in [0.25, 0.3) is 0 Å². The molecule has 0 aromatic heterocycles. The summed E-state index contributed by atoms with van der Waals surface area (Å²) >= 11 is 0.525. The van der Waals surface area contributed by atoms with Gasteiger partial charge in [-0.3, -0.25) is 9.59 Å². The lowest BCUT2D eigenvalue weighted by Crippen LogP contribution is -2.37. The number of amides is 1. The Morgan fingerprint density at radius 2 is 1.95 bits per heavy atom. The van der Waals surface area contributed by atoms with Crippen LogP contribution in [0.1, 0.15) is 6.42 Å². The molecular formula is C12H13F3N2O3S. The van der Waals surface area contributed by atoms with Crippen LogP contribution in [0, 0.1) is 0 Å². The van der Waals surface area contributed by atoms with Gasteiger partial charge in [0.2, 0.25) is 5.91 Å². The summed E-state index contributed by atoms with van der Waals surface area (Å²) in [6.45, 7) is 0. The van der Waals surface area contributed by atoms with Gasteiger partial charge in [0.25, 0.3) is 0 Å². The van der Waals surface area contributed by atoms with Crippen molar-refractivity contribution in [3.63, 3.8) is 0 Å². The van der Waals surface area contributed by atoms with E-state index in [0.29, 0.717) is 11.8 Å². The van der Waals surface area contributed by atoms with Crippen molar-refractivity contribution < 1.29 is 27.9 Å². The van der Waals surface area contributed by atoms with Crippen molar-refractivity contribution in [2.75, 3.05) is 11.1 Å². The minimum absolute atomic E-state index is 0.164. The maximum Gasteiger partial charge on any atom is 0.398 e. The molecule has 9 heteroatoms. The average molecular weight is 322 g/mol. The van der Waals surface area contributed by atoms with Crippen LogP contribution in [-0.2, 0) is 9.59 Å². The third-order valence-corrected chi connectivity index (χ3v) is 3.41. The molecular weight excluding hydrogens is 309 g/mol. The van der Waals surface area contributed by atoms with Crippen molar-refractivity contribution in [3.05, 3.63) is 24.3 Å². The first-order chi connectivity index (χ1) is 9.69. The minimum atomic E-state index is -4.33. The number of rotatable bonds is 6. The number of thioether (sulfide) groups is 1. The molecule has 0 spiro atoms. The molecule has 1 unspecified atom stereocenters. The molecule has 0 saturated heterocycles. The number of anilines is 1. The quantitative estimate of drug-likeness (QED) is 0.697. The van der Waals surface area contributed by atoms with E-state index in [9.17, 15) is 22.8 Å². The monoisotopic (exact) mass is 322 g/mol. The Bertz CT molecular complexity index is 523. The van der Waals surface area contributed by atoms with Gasteiger partial charge in [0.05, 0.1) is 23.9 Å². The van der Waals surface area contributed by atoms with Crippen LogP contribution in [0.4, 0.5) is 18.9 Å². The Morgan fingerprint density at radius 1 is 1.33 bits per heavy atom. The van der Waals surface area contributed by atoms with Gasteiger partial charge in [0.15, 0.2) is 0 Å². The van der Waals surface area contributed by atoms with Crippen molar-refractivity contribution in [2.45, 2.75) is 23.5 Å². The first-order valence-electron chi connectivity index (χ1n) is 5.76. The van der Waals surface area contributed by atoms with Gasteiger partial charge in [-0.25, -0.2) is 0 Å². The predicted octanol–water partition coefficient (Wildman–Crippen LogP) is 2.08. The van der Waals surface area contributed by atoms with Crippen molar-refractivity contribution in [2.24, 2.45) is 5.73 Å². The summed E-state index contributed by atoms with van der Waals surface area (Å²) in [7, 11) is 0. The Labute approximate surface area is 122 Å². The van der Waals surface area contributed by atoms with Crippen LogP contribution < -0.4 is 11.1 Å². The molecule has 0 bridgehead atoms. The zero-order chi connectivity index (χ0) is 16.0. The standard InChI is InChI=1S/C12H13F3N2O3S/c13-12(14,15)6-21-9-4-2-1-3-8(9)17-11(20)7(16)5-10(18)19/h1-4,7H,5-6,16H2,(H,17,20)(H,18,19). The smallest absolute Gasteiger partial charge is 0.398 e. The Hall–Kier alpha value is -1.74. The lowest BCUT2D eigenvalue weighted by molar-refractivity contribution is -0.138. The second kappa shape index (κ2) is 7.32. The molecule has 0 aliphatic rings. The number of benzene rings is 1. The minimum Gasteiger partial charge on any atom is -0.481 e. The number of halogens is 3. The van der Waals surface area contributed by atoms with Gasteiger partial charge >= 0.3 is 12.1 Å². The number of hydrogen-bond acceptors (Lipinski definition) is 4. The van der Waals surface area contributed by atoms with Gasteiger partial charge in [-0.15, -0.1) is 11.8 Å². The molecule has 1 rings (SSSR count). The summed E-state index contributed by atoms with van der Waals surface area (Å²) in [5.74, 6) is -3.10. The number of hydrogen-bond donors (Lipinski definition) is 3. The molecule has 1 atom stereocenters. The van der Waals surface area contributed by atoms with E-state index < -0.39 is 36.3 Å². The van der Waals surface area contributed by atoms with Gasteiger partial charge in [-0.05, 0) is 12.1 Å². The molecule has 21 heavy (non-hydrogen) atoms. The summed E-state index contributed by atoms with van der Waals surface area (Å²) in [5.41, 5.74) is 5.54. The van der Waals surface area contributed by atoms with Gasteiger partial charge in [0, 0.05) is 4.90 Å². The number of nitrogens with one attached hydrogen (secondary N) is 1. The van der Waals surface area contributed by atoms with Crippen molar-refractivity contribution in [1.29, 1.82) is 0 Å². The molecule has 5 nitrogen and oxygen atoms in total. The van der Waals surface area contributed by atoms with Gasteiger partial charge in [-0.1, -0.05) is 12.1 Å². The number of carbonyl (C=O) groups is 2. The van der Waals surface area contributed by atoms with Crippen LogP contribution in [0.15, 0.2) is 29.2 Å². The summed E-state index contributed by atoms with van der Waals surface area (Å²) < 4.78 is 36.6. The number of alkyl halides is 3. The SMILES string of the molecule is NC(CC(=O)O)C(=O)Nc1ccccc1SCC(F)(F)F. The first-order valence-corrected chi connectivity index (χ1v) is 6.74. The molecule has 0 aliphatic carbocycles. The third-order valence-electron chi connectivity index (χ3n) is 2.27. The fraction of sp³-hybridized carbons (Fsp3) is 0.333. The van der Waals surface area contributed by atoms with Gasteiger partial charge in [-0.2, -0.15) is 13.2 Å². The first kappa shape index (κ1) is 17.3. The second-order valence-electron chi connectivity index (χ2n) is 4.09. The van der Waals surface area contributed by atoms with Gasteiger partial charge < -0.3 is 16.2 Å². The second-order valence-corrected chi connectivity index (χ2v) is 5.11. The number of aliphatic carboxylic acids is 1. The van der Waals surface area contributed by atoms with Crippen LogP contribution in [0.3, 0.4) is 0 Å². The van der Waals surface area contributed by atoms with Crippen molar-refractivity contribution in [3.8, 4) is 0 Å². The lowest BCUT2D eigenvalue weighted by Gasteiger charge is -2.14. The molecule has 4 N–H and O–H groups in total. The number of nitrogens with two attached hydrogens (primary N) is 1. The summed E-state index contributed by atoms with van der Waals surface area (Å²) in [5, 5.41) is 10.9. The average Bonchev–Trinajstić information content (AvgIpc) is 2.35. The van der Waals surface area contributed by atoms with Crippen LogP contribution in [-0.4, -0.2) is 35.0 Å². The van der Waals surface area contributed by atoms with Crippen LogP contribution in [0.5, 0.6) is 0 Å².